The van der Waals surface area contributed by atoms with Crippen LogP contribution in [0.25, 0.3) is 0 Å². The molecule has 0 atom stereocenters. The molecule has 0 aliphatic rings. The van der Waals surface area contributed by atoms with Gasteiger partial charge in [-0.3, -0.25) is 4.79 Å². The van der Waals surface area contributed by atoms with Gasteiger partial charge in [0.25, 0.3) is 0 Å². The molecule has 0 spiro atoms. The second kappa shape index (κ2) is 5.34. The first-order valence-corrected chi connectivity index (χ1v) is 5.16. The number of carbonyl (C=O) groups is 1. The fraction of sp³-hybridized carbons (Fsp3) is 0.300. The molecule has 0 unspecified atom stereocenters. The van der Waals surface area contributed by atoms with Crippen molar-refractivity contribution in [3.8, 4) is 5.75 Å². The first-order chi connectivity index (χ1) is 7.44. The molecule has 6 heteroatoms. The molecule has 16 heavy (non-hydrogen) atoms. The van der Waals surface area contributed by atoms with Crippen LogP contribution < -0.4 is 4.74 Å². The molecule has 0 saturated heterocycles. The second-order valence-electron chi connectivity index (χ2n) is 2.98. The number of hydrogen-bond acceptors (Lipinski definition) is 2. The number of halogens is 4. The van der Waals surface area contributed by atoms with Crippen molar-refractivity contribution in [1.82, 2.24) is 0 Å². The van der Waals surface area contributed by atoms with Gasteiger partial charge in [0.1, 0.15) is 5.75 Å². The number of rotatable bonds is 4. The summed E-state index contributed by atoms with van der Waals surface area (Å²) in [4.78, 5) is 10.7. The van der Waals surface area contributed by atoms with Crippen LogP contribution in [-0.2, 0) is 0 Å². The molecular weight excluding hydrogens is 289 g/mol. The highest BCUT2D eigenvalue weighted by Gasteiger charge is 2.27. The van der Waals surface area contributed by atoms with Gasteiger partial charge in [0.15, 0.2) is 6.29 Å². The molecule has 0 aliphatic carbocycles. The third-order valence-electron chi connectivity index (χ3n) is 1.77. The van der Waals surface area contributed by atoms with Crippen LogP contribution in [0.15, 0.2) is 22.7 Å². The van der Waals surface area contributed by atoms with Gasteiger partial charge >= 0.3 is 6.18 Å². The van der Waals surface area contributed by atoms with Crippen LogP contribution >= 0.6 is 15.9 Å². The van der Waals surface area contributed by atoms with E-state index >= 15 is 0 Å². The van der Waals surface area contributed by atoms with E-state index in [4.69, 9.17) is 4.74 Å². The number of carbonyl (C=O) groups excluding carboxylic acids is 1. The van der Waals surface area contributed by atoms with Crippen LogP contribution in [0.1, 0.15) is 16.8 Å². The Morgan fingerprint density at radius 3 is 2.62 bits per heavy atom. The Balaban J connectivity index is 2.67. The molecule has 0 bridgehead atoms. The third kappa shape index (κ3) is 3.84. The Labute approximate surface area is 98.5 Å². The van der Waals surface area contributed by atoms with Crippen molar-refractivity contribution in [2.45, 2.75) is 12.6 Å². The summed E-state index contributed by atoms with van der Waals surface area (Å²) >= 11 is 3.11. The SMILES string of the molecule is O=Cc1c(Br)cccc1OCCC(F)(F)F. The Bertz CT molecular complexity index is 377. The quantitative estimate of drug-likeness (QED) is 0.794. The zero-order chi connectivity index (χ0) is 12.2. The van der Waals surface area contributed by atoms with Crippen LogP contribution in [0, 0.1) is 0 Å². The molecule has 0 saturated carbocycles. The minimum Gasteiger partial charge on any atom is -0.492 e. The molecule has 0 fully saturated rings. The van der Waals surface area contributed by atoms with Gasteiger partial charge in [-0.05, 0) is 28.1 Å². The average Bonchev–Trinajstić information content (AvgIpc) is 2.16. The number of benzene rings is 1. The van der Waals surface area contributed by atoms with E-state index in [1.807, 2.05) is 0 Å². The van der Waals surface area contributed by atoms with Crippen molar-refractivity contribution in [2.24, 2.45) is 0 Å². The standard InChI is InChI=1S/C10H8BrF3O2/c11-8-2-1-3-9(7(8)6-15)16-5-4-10(12,13)14/h1-3,6H,4-5H2. The average molecular weight is 297 g/mol. The van der Waals surface area contributed by atoms with Gasteiger partial charge in [-0.1, -0.05) is 6.07 Å². The maximum Gasteiger partial charge on any atom is 0.392 e. The molecule has 1 aromatic carbocycles. The van der Waals surface area contributed by atoms with E-state index in [1.165, 1.54) is 6.07 Å². The van der Waals surface area contributed by atoms with Gasteiger partial charge < -0.3 is 4.74 Å². The van der Waals surface area contributed by atoms with Crippen molar-refractivity contribution in [3.63, 3.8) is 0 Å². The lowest BCUT2D eigenvalue weighted by molar-refractivity contribution is -0.139. The van der Waals surface area contributed by atoms with E-state index in [1.54, 1.807) is 12.1 Å². The summed E-state index contributed by atoms with van der Waals surface area (Å²) in [6, 6.07) is 4.64. The van der Waals surface area contributed by atoms with E-state index in [9.17, 15) is 18.0 Å². The molecule has 2 nitrogen and oxygen atoms in total. The fourth-order valence-electron chi connectivity index (χ4n) is 1.03. The van der Waals surface area contributed by atoms with E-state index in [0.717, 1.165) is 0 Å². The lowest BCUT2D eigenvalue weighted by Gasteiger charge is -2.10. The number of alkyl halides is 3. The molecule has 1 aromatic rings. The monoisotopic (exact) mass is 296 g/mol. The molecule has 0 aliphatic heterocycles. The Kier molecular flexibility index (Phi) is 4.35. The van der Waals surface area contributed by atoms with Crippen molar-refractivity contribution >= 4 is 22.2 Å². The largest absolute Gasteiger partial charge is 0.492 e. The smallest absolute Gasteiger partial charge is 0.392 e. The van der Waals surface area contributed by atoms with Crippen LogP contribution in [-0.4, -0.2) is 19.1 Å². The summed E-state index contributed by atoms with van der Waals surface area (Å²) < 4.78 is 41.0. The Hall–Kier alpha value is -1.04. The molecule has 0 radical (unpaired) electrons. The van der Waals surface area contributed by atoms with Gasteiger partial charge in [-0.25, -0.2) is 0 Å². The van der Waals surface area contributed by atoms with Gasteiger partial charge in [0, 0.05) is 4.47 Å². The third-order valence-corrected chi connectivity index (χ3v) is 2.47. The second-order valence-corrected chi connectivity index (χ2v) is 3.84. The molecule has 1 rings (SSSR count). The zero-order valence-corrected chi connectivity index (χ0v) is 9.64. The van der Waals surface area contributed by atoms with Crippen molar-refractivity contribution in [1.29, 1.82) is 0 Å². The Morgan fingerprint density at radius 1 is 1.38 bits per heavy atom. The van der Waals surface area contributed by atoms with Gasteiger partial charge in [-0.2, -0.15) is 13.2 Å². The fourth-order valence-corrected chi connectivity index (χ4v) is 1.48. The van der Waals surface area contributed by atoms with Gasteiger partial charge in [0.2, 0.25) is 0 Å². The predicted octanol–water partition coefficient (Wildman–Crippen LogP) is 3.59. The highest BCUT2D eigenvalue weighted by atomic mass is 79.9. The topological polar surface area (TPSA) is 26.3 Å². The van der Waals surface area contributed by atoms with Crippen molar-refractivity contribution in [3.05, 3.63) is 28.2 Å². The summed E-state index contributed by atoms with van der Waals surface area (Å²) in [7, 11) is 0. The highest BCUT2D eigenvalue weighted by molar-refractivity contribution is 9.10. The van der Waals surface area contributed by atoms with E-state index in [2.05, 4.69) is 15.9 Å². The van der Waals surface area contributed by atoms with Gasteiger partial charge in [0.05, 0.1) is 18.6 Å². The Morgan fingerprint density at radius 2 is 2.06 bits per heavy atom. The molecule has 0 aromatic heterocycles. The molecule has 0 N–H and O–H groups in total. The summed E-state index contributed by atoms with van der Waals surface area (Å²) in [5.41, 5.74) is 0.213. The number of hydrogen-bond donors (Lipinski definition) is 0. The van der Waals surface area contributed by atoms with Crippen LogP contribution in [0.4, 0.5) is 13.2 Å². The predicted molar refractivity (Wildman–Crippen MR) is 55.7 cm³/mol. The minimum atomic E-state index is -4.26. The van der Waals surface area contributed by atoms with E-state index < -0.39 is 19.2 Å². The highest BCUT2D eigenvalue weighted by Crippen LogP contribution is 2.26. The van der Waals surface area contributed by atoms with Crippen molar-refractivity contribution < 1.29 is 22.7 Å². The molecule has 88 valence electrons. The zero-order valence-electron chi connectivity index (χ0n) is 8.05. The first-order valence-electron chi connectivity index (χ1n) is 4.37. The summed E-state index contributed by atoms with van der Waals surface area (Å²) in [6.07, 6.45) is -4.77. The summed E-state index contributed by atoms with van der Waals surface area (Å²) in [5, 5.41) is 0. The molecular formula is C10H8BrF3O2. The minimum absolute atomic E-state index is 0.147. The number of ether oxygens (including phenoxy) is 1. The lowest BCUT2D eigenvalue weighted by atomic mass is 10.2. The van der Waals surface area contributed by atoms with Crippen LogP contribution in [0.5, 0.6) is 5.75 Å². The summed E-state index contributed by atoms with van der Waals surface area (Å²) in [6.45, 7) is -0.499. The first kappa shape index (κ1) is 13.0. The van der Waals surface area contributed by atoms with E-state index in [-0.39, 0.29) is 11.3 Å². The number of aldehydes is 1. The summed E-state index contributed by atoms with van der Waals surface area (Å²) in [5.74, 6) is 0.147. The van der Waals surface area contributed by atoms with Gasteiger partial charge in [-0.15, -0.1) is 0 Å². The van der Waals surface area contributed by atoms with Crippen molar-refractivity contribution in [2.75, 3.05) is 6.61 Å². The van der Waals surface area contributed by atoms with Crippen LogP contribution in [0.2, 0.25) is 0 Å². The normalized spacial score (nSPS) is 11.2. The molecule has 0 heterocycles. The maximum absolute atomic E-state index is 11.9. The van der Waals surface area contributed by atoms with E-state index in [0.29, 0.717) is 10.8 Å². The maximum atomic E-state index is 11.9. The molecule has 0 amide bonds. The lowest BCUT2D eigenvalue weighted by Crippen LogP contribution is -2.13. The van der Waals surface area contributed by atoms with Crippen LogP contribution in [0.3, 0.4) is 0 Å².